The van der Waals surface area contributed by atoms with E-state index in [-0.39, 0.29) is 29.9 Å². The van der Waals surface area contributed by atoms with Crippen molar-refractivity contribution in [2.75, 3.05) is 20.1 Å². The monoisotopic (exact) mass is 544 g/mol. The Morgan fingerprint density at radius 2 is 1.81 bits per heavy atom. The first-order valence-corrected chi connectivity index (χ1v) is 14.7. The fourth-order valence-corrected chi connectivity index (χ4v) is 6.07. The summed E-state index contributed by atoms with van der Waals surface area (Å²) in [5.74, 6) is -0.904. The molecule has 0 aliphatic rings. The number of nitrogens with zero attached hydrogens (tertiary/aromatic N) is 1. The van der Waals surface area contributed by atoms with E-state index in [4.69, 9.17) is 5.11 Å². The first kappa shape index (κ1) is 29.0. The number of aliphatic hydroxyl groups is 1. The van der Waals surface area contributed by atoms with Crippen molar-refractivity contribution in [3.8, 4) is 11.1 Å². The molecule has 0 saturated carbocycles. The van der Waals surface area contributed by atoms with Gasteiger partial charge in [-0.05, 0) is 84.3 Å². The molecule has 0 amide bonds. The molecule has 3 rings (SSSR count). The summed E-state index contributed by atoms with van der Waals surface area (Å²) in [4.78, 5) is 11.0. The highest BCUT2D eigenvalue weighted by molar-refractivity contribution is 7.89. The van der Waals surface area contributed by atoms with Gasteiger partial charge in [-0.2, -0.15) is 15.6 Å². The number of aliphatic carboxylic acids is 1. The molecule has 1 atom stereocenters. The highest BCUT2D eigenvalue weighted by Crippen LogP contribution is 2.25. The number of thiophene rings is 1. The highest BCUT2D eigenvalue weighted by atomic mass is 32.2. The quantitative estimate of drug-likeness (QED) is 0.278. The SMILES string of the molecule is CN(CC(O)CNC(C)(C)CCCc1ccsc1)S(=O)(=O)c1cccc(-c2ccc(CC(=O)O)cc2)c1. The van der Waals surface area contributed by atoms with E-state index in [1.165, 1.54) is 23.0 Å². The van der Waals surface area contributed by atoms with E-state index in [2.05, 4.69) is 36.0 Å². The maximum atomic E-state index is 13.2. The molecular formula is C28H36N2O5S2. The summed E-state index contributed by atoms with van der Waals surface area (Å²) in [6, 6.07) is 15.8. The third-order valence-corrected chi connectivity index (χ3v) is 8.87. The normalized spacial score (nSPS) is 13.1. The molecule has 0 fully saturated rings. The van der Waals surface area contributed by atoms with Crippen LogP contribution in [0.25, 0.3) is 11.1 Å². The average Bonchev–Trinajstić information content (AvgIpc) is 3.36. The largest absolute Gasteiger partial charge is 0.481 e. The van der Waals surface area contributed by atoms with Crippen molar-refractivity contribution in [3.63, 3.8) is 0 Å². The van der Waals surface area contributed by atoms with Crippen molar-refractivity contribution in [3.05, 3.63) is 76.5 Å². The standard InChI is InChI=1S/C28H36N2O5S2/c1-28(2,14-5-6-22-13-15-36-20-22)29-18-25(31)19-30(3)37(34,35)26-8-4-7-24(17-26)23-11-9-21(10-12-23)16-27(32)33/h4,7-13,15,17,20,25,29,31H,5-6,14,16,18-19H2,1-3H3,(H,32,33). The van der Waals surface area contributed by atoms with E-state index in [9.17, 15) is 18.3 Å². The summed E-state index contributed by atoms with van der Waals surface area (Å²) in [6.07, 6.45) is 2.06. The average molecular weight is 545 g/mol. The van der Waals surface area contributed by atoms with Crippen molar-refractivity contribution in [1.29, 1.82) is 0 Å². The fourth-order valence-electron chi connectivity index (χ4n) is 4.12. The van der Waals surface area contributed by atoms with Gasteiger partial charge >= 0.3 is 5.97 Å². The fraction of sp³-hybridized carbons (Fsp3) is 0.393. The smallest absolute Gasteiger partial charge is 0.307 e. The lowest BCUT2D eigenvalue weighted by Gasteiger charge is -2.29. The molecule has 3 N–H and O–H groups in total. The Kier molecular flexibility index (Phi) is 10.0. The van der Waals surface area contributed by atoms with Crippen LogP contribution in [-0.4, -0.2) is 60.7 Å². The number of nitrogens with one attached hydrogen (secondary N) is 1. The summed E-state index contributed by atoms with van der Waals surface area (Å²) in [5, 5.41) is 27.1. The number of β-amino-alcohol motifs (C(OH)–C–C–N with tert-alkyl or cyclic N) is 1. The van der Waals surface area contributed by atoms with Crippen LogP contribution in [-0.2, 0) is 27.7 Å². The van der Waals surface area contributed by atoms with Gasteiger partial charge in [-0.15, -0.1) is 0 Å². The van der Waals surface area contributed by atoms with E-state index in [1.54, 1.807) is 47.7 Å². The van der Waals surface area contributed by atoms with Gasteiger partial charge in [0, 0.05) is 25.7 Å². The van der Waals surface area contributed by atoms with Crippen LogP contribution in [0.3, 0.4) is 0 Å². The molecule has 7 nitrogen and oxygen atoms in total. The van der Waals surface area contributed by atoms with Crippen molar-refractivity contribution in [1.82, 2.24) is 9.62 Å². The molecule has 1 unspecified atom stereocenters. The van der Waals surface area contributed by atoms with Gasteiger partial charge in [-0.1, -0.05) is 36.4 Å². The van der Waals surface area contributed by atoms with E-state index >= 15 is 0 Å². The van der Waals surface area contributed by atoms with Crippen LogP contribution in [0.15, 0.2) is 70.3 Å². The van der Waals surface area contributed by atoms with Gasteiger partial charge in [0.2, 0.25) is 10.0 Å². The van der Waals surface area contributed by atoms with Crippen molar-refractivity contribution in [2.45, 2.75) is 56.1 Å². The Hall–Kier alpha value is -2.56. The van der Waals surface area contributed by atoms with E-state index in [0.29, 0.717) is 11.1 Å². The van der Waals surface area contributed by atoms with Gasteiger partial charge in [0.1, 0.15) is 0 Å². The van der Waals surface area contributed by atoms with Crippen molar-refractivity contribution < 1.29 is 23.4 Å². The van der Waals surface area contributed by atoms with Crippen LogP contribution in [0.5, 0.6) is 0 Å². The number of carbonyl (C=O) groups is 1. The number of aliphatic hydroxyl groups excluding tert-OH is 1. The van der Waals surface area contributed by atoms with Crippen molar-refractivity contribution in [2.24, 2.45) is 0 Å². The molecule has 0 saturated heterocycles. The zero-order valence-electron chi connectivity index (χ0n) is 21.6. The van der Waals surface area contributed by atoms with Gasteiger partial charge in [-0.3, -0.25) is 4.79 Å². The Morgan fingerprint density at radius 3 is 2.46 bits per heavy atom. The third-order valence-electron chi connectivity index (χ3n) is 6.32. The second-order valence-electron chi connectivity index (χ2n) is 9.98. The molecule has 9 heteroatoms. The zero-order valence-corrected chi connectivity index (χ0v) is 23.2. The van der Waals surface area contributed by atoms with Gasteiger partial charge in [0.25, 0.3) is 0 Å². The molecule has 0 spiro atoms. The number of benzene rings is 2. The zero-order chi connectivity index (χ0) is 27.1. The highest BCUT2D eigenvalue weighted by Gasteiger charge is 2.25. The predicted octanol–water partition coefficient (Wildman–Crippen LogP) is 4.41. The molecule has 0 aliphatic carbocycles. The minimum Gasteiger partial charge on any atom is -0.481 e. The second kappa shape index (κ2) is 12.8. The summed E-state index contributed by atoms with van der Waals surface area (Å²) >= 11 is 1.70. The Morgan fingerprint density at radius 1 is 1.08 bits per heavy atom. The summed E-state index contributed by atoms with van der Waals surface area (Å²) in [7, 11) is -2.34. The lowest BCUT2D eigenvalue weighted by Crippen LogP contribution is -2.46. The third kappa shape index (κ3) is 8.76. The molecule has 0 radical (unpaired) electrons. The topological polar surface area (TPSA) is 107 Å². The second-order valence-corrected chi connectivity index (χ2v) is 12.8. The molecule has 200 valence electrons. The van der Waals surface area contributed by atoms with Gasteiger partial charge in [0.05, 0.1) is 17.4 Å². The summed E-state index contributed by atoms with van der Waals surface area (Å²) < 4.78 is 27.6. The van der Waals surface area contributed by atoms with E-state index < -0.39 is 22.1 Å². The van der Waals surface area contributed by atoms with Crippen molar-refractivity contribution >= 4 is 27.3 Å². The van der Waals surface area contributed by atoms with E-state index in [1.807, 2.05) is 6.07 Å². The van der Waals surface area contributed by atoms with Crippen LogP contribution in [0.2, 0.25) is 0 Å². The number of hydrogen-bond acceptors (Lipinski definition) is 6. The maximum Gasteiger partial charge on any atom is 0.307 e. The number of rotatable bonds is 14. The number of likely N-dealkylation sites (N-methyl/N-ethyl adjacent to an activating group) is 1. The molecule has 1 heterocycles. The molecular weight excluding hydrogens is 508 g/mol. The summed E-state index contributed by atoms with van der Waals surface area (Å²) in [5.41, 5.74) is 3.34. The van der Waals surface area contributed by atoms with Crippen LogP contribution >= 0.6 is 11.3 Å². The first-order valence-electron chi connectivity index (χ1n) is 12.3. The van der Waals surface area contributed by atoms with Crippen LogP contribution in [0.1, 0.15) is 37.8 Å². The van der Waals surface area contributed by atoms with Gasteiger partial charge in [-0.25, -0.2) is 8.42 Å². The predicted molar refractivity (Wildman–Crippen MR) is 148 cm³/mol. The molecule has 2 aromatic carbocycles. The summed E-state index contributed by atoms with van der Waals surface area (Å²) in [6.45, 7) is 4.43. The Balaban J connectivity index is 1.56. The van der Waals surface area contributed by atoms with Crippen LogP contribution in [0.4, 0.5) is 0 Å². The minimum atomic E-state index is -3.81. The first-order chi connectivity index (χ1) is 17.5. The molecule has 37 heavy (non-hydrogen) atoms. The lowest BCUT2D eigenvalue weighted by atomic mass is 9.96. The Bertz CT molecular complexity index is 1260. The number of carboxylic acids is 1. The Labute approximate surface area is 223 Å². The maximum absolute atomic E-state index is 13.2. The van der Waals surface area contributed by atoms with Crippen LogP contribution in [0, 0.1) is 0 Å². The van der Waals surface area contributed by atoms with Gasteiger partial charge in [0.15, 0.2) is 0 Å². The molecule has 0 bridgehead atoms. The number of hydrogen-bond donors (Lipinski definition) is 3. The lowest BCUT2D eigenvalue weighted by molar-refractivity contribution is -0.136. The van der Waals surface area contributed by atoms with Crippen LogP contribution < -0.4 is 5.32 Å². The number of aryl methyl sites for hydroxylation is 1. The van der Waals surface area contributed by atoms with Gasteiger partial charge < -0.3 is 15.5 Å². The molecule has 0 aliphatic heterocycles. The molecule has 3 aromatic rings. The number of sulfonamides is 1. The van der Waals surface area contributed by atoms with E-state index in [0.717, 1.165) is 24.8 Å². The molecule has 1 aromatic heterocycles. The number of carboxylic acid groups (broad SMARTS) is 1. The minimum absolute atomic E-state index is 0.0333.